The van der Waals surface area contributed by atoms with E-state index >= 15 is 8.78 Å². The number of alkyl halides is 1. The molecule has 0 spiro atoms. The van der Waals surface area contributed by atoms with Crippen molar-refractivity contribution in [2.75, 3.05) is 24.6 Å². The molecule has 1 aromatic carbocycles. The fourth-order valence-corrected chi connectivity index (χ4v) is 5.30. The van der Waals surface area contributed by atoms with E-state index in [4.69, 9.17) is 9.84 Å². The molecule has 1 amide bonds. The zero-order valence-electron chi connectivity index (χ0n) is 19.2. The lowest BCUT2D eigenvalue weighted by Crippen LogP contribution is -2.44. The van der Waals surface area contributed by atoms with E-state index in [1.54, 1.807) is 6.92 Å². The van der Waals surface area contributed by atoms with Crippen LogP contribution in [0.25, 0.3) is 10.9 Å². The summed E-state index contributed by atoms with van der Waals surface area (Å²) in [5, 5.41) is 11.3. The van der Waals surface area contributed by atoms with Crippen LogP contribution in [0.5, 0.6) is 5.75 Å². The summed E-state index contributed by atoms with van der Waals surface area (Å²) in [7, 11) is 0. The van der Waals surface area contributed by atoms with Crippen LogP contribution in [0.4, 0.5) is 28.4 Å². The predicted octanol–water partition coefficient (Wildman–Crippen LogP) is 3.75. The molecular formula is C24H24F3N3O6. The van der Waals surface area contributed by atoms with Crippen LogP contribution in [0.1, 0.15) is 25.8 Å². The second-order valence-electron chi connectivity index (χ2n) is 9.20. The second kappa shape index (κ2) is 9.07. The monoisotopic (exact) mass is 507 g/mol. The number of nitrogens with zero attached hydrogens (tertiary/aromatic N) is 2. The maximum Gasteiger partial charge on any atom is 0.511 e. The molecule has 192 valence electrons. The van der Waals surface area contributed by atoms with Crippen LogP contribution in [-0.4, -0.2) is 53.8 Å². The molecule has 0 radical (unpaired) electrons. The van der Waals surface area contributed by atoms with Crippen molar-refractivity contribution in [3.63, 3.8) is 0 Å². The van der Waals surface area contributed by atoms with Crippen molar-refractivity contribution in [1.29, 1.82) is 0 Å². The minimum atomic E-state index is -1.78. The summed E-state index contributed by atoms with van der Waals surface area (Å²) in [4.78, 5) is 37.3. The van der Waals surface area contributed by atoms with Gasteiger partial charge < -0.3 is 29.4 Å². The number of halogens is 3. The smallest absolute Gasteiger partial charge is 0.450 e. The van der Waals surface area contributed by atoms with Crippen molar-refractivity contribution in [1.82, 2.24) is 9.88 Å². The zero-order chi connectivity index (χ0) is 25.7. The van der Waals surface area contributed by atoms with E-state index in [1.807, 2.05) is 12.2 Å². The van der Waals surface area contributed by atoms with Gasteiger partial charge in [0, 0.05) is 37.4 Å². The summed E-state index contributed by atoms with van der Waals surface area (Å²) in [5.74, 6) is -2.94. The van der Waals surface area contributed by atoms with Gasteiger partial charge in [0.05, 0.1) is 29.7 Å². The Bertz CT molecular complexity index is 1330. The fraction of sp³-hybridized carbons (Fsp3) is 0.458. The van der Waals surface area contributed by atoms with Gasteiger partial charge in [-0.25, -0.2) is 22.8 Å². The van der Waals surface area contributed by atoms with E-state index in [-0.39, 0.29) is 55.2 Å². The summed E-state index contributed by atoms with van der Waals surface area (Å²) in [6, 6.07) is -0.286. The highest BCUT2D eigenvalue weighted by molar-refractivity contribution is 5.86. The van der Waals surface area contributed by atoms with E-state index in [2.05, 4.69) is 10.1 Å². The number of ether oxygens (including phenoxy) is 2. The molecule has 1 saturated heterocycles. The third-order valence-electron chi connectivity index (χ3n) is 6.98. The quantitative estimate of drug-likeness (QED) is 0.469. The summed E-state index contributed by atoms with van der Waals surface area (Å²) in [6.07, 6.45) is 1.74. The van der Waals surface area contributed by atoms with Crippen LogP contribution < -0.4 is 20.4 Å². The number of rotatable bonds is 5. The first-order chi connectivity index (χ1) is 17.2. The molecule has 9 nitrogen and oxygen atoms in total. The van der Waals surface area contributed by atoms with Crippen LogP contribution in [0.3, 0.4) is 0 Å². The minimum absolute atomic E-state index is 0.0382. The van der Waals surface area contributed by atoms with Gasteiger partial charge in [-0.15, -0.1) is 0 Å². The number of anilines is 1. The number of nitrogens with one attached hydrogen (secondary N) is 1. The van der Waals surface area contributed by atoms with Crippen molar-refractivity contribution < 1.29 is 37.3 Å². The molecule has 5 rings (SSSR count). The van der Waals surface area contributed by atoms with Crippen molar-refractivity contribution >= 4 is 28.8 Å². The minimum Gasteiger partial charge on any atom is -0.450 e. The number of carbonyl (C=O) groups excluding carboxylic acids is 1. The summed E-state index contributed by atoms with van der Waals surface area (Å²) < 4.78 is 55.9. The van der Waals surface area contributed by atoms with Gasteiger partial charge in [-0.2, -0.15) is 0 Å². The average Bonchev–Trinajstić information content (AvgIpc) is 3.37. The van der Waals surface area contributed by atoms with E-state index in [0.29, 0.717) is 6.42 Å². The zero-order valence-corrected chi connectivity index (χ0v) is 19.2. The van der Waals surface area contributed by atoms with Gasteiger partial charge in [0.1, 0.15) is 17.7 Å². The van der Waals surface area contributed by atoms with Gasteiger partial charge in [0.25, 0.3) is 0 Å². The molecule has 3 aliphatic rings. The Morgan fingerprint density at radius 2 is 2.03 bits per heavy atom. The van der Waals surface area contributed by atoms with Gasteiger partial charge in [-0.1, -0.05) is 12.2 Å². The Kier molecular flexibility index (Phi) is 6.05. The summed E-state index contributed by atoms with van der Waals surface area (Å²) in [6.45, 7) is 2.39. The Balaban J connectivity index is 1.55. The number of pyridine rings is 1. The van der Waals surface area contributed by atoms with Gasteiger partial charge >= 0.3 is 12.2 Å². The van der Waals surface area contributed by atoms with Gasteiger partial charge in [0.2, 0.25) is 5.43 Å². The van der Waals surface area contributed by atoms with Gasteiger partial charge in [-0.05, 0) is 19.4 Å². The lowest BCUT2D eigenvalue weighted by Gasteiger charge is -2.29. The molecule has 12 heteroatoms. The number of aromatic nitrogens is 1. The maximum atomic E-state index is 16.0. The number of carboxylic acid groups (broad SMARTS) is 1. The number of amides is 1. The molecule has 2 aromatic rings. The van der Waals surface area contributed by atoms with Crippen LogP contribution in [-0.2, 0) is 4.74 Å². The topological polar surface area (TPSA) is 110 Å². The number of carbonyl (C=O) groups is 2. The molecule has 5 atom stereocenters. The lowest BCUT2D eigenvalue weighted by atomic mass is 9.83. The van der Waals surface area contributed by atoms with Crippen molar-refractivity contribution in [2.24, 2.45) is 11.8 Å². The first-order valence-corrected chi connectivity index (χ1v) is 11.7. The highest BCUT2D eigenvalue weighted by Gasteiger charge is 2.43. The first-order valence-electron chi connectivity index (χ1n) is 11.7. The lowest BCUT2D eigenvalue weighted by molar-refractivity contribution is 0.141. The largest absolute Gasteiger partial charge is 0.511 e. The number of benzene rings is 1. The number of alkyl carbamates (subject to hydrolysis) is 1. The van der Waals surface area contributed by atoms with Crippen LogP contribution in [0, 0.1) is 23.5 Å². The standard InChI is InChI=1S/C24H24F3N3O6/c1-2-35-23(32)28-16-5-3-4-11-8-29(9-13(11)16)21-15(26)6-12-20(19(21)27)30(17-7-14(17)25)10-18(22(12)31)36-24(33)34/h3-4,6,10-11,13-14,16-17H,2,5,7-9H2,1H3,(H,28,32)(H,33,34). The van der Waals surface area contributed by atoms with Crippen LogP contribution >= 0.6 is 0 Å². The maximum absolute atomic E-state index is 16.0. The molecule has 36 heavy (non-hydrogen) atoms. The van der Waals surface area contributed by atoms with Crippen molar-refractivity contribution in [3.8, 4) is 5.75 Å². The highest BCUT2D eigenvalue weighted by atomic mass is 19.1. The molecule has 1 saturated carbocycles. The molecule has 2 heterocycles. The third-order valence-corrected chi connectivity index (χ3v) is 6.98. The molecule has 2 N–H and O–H groups in total. The van der Waals surface area contributed by atoms with E-state index in [1.165, 1.54) is 4.90 Å². The Hall–Kier alpha value is -3.70. The molecular weight excluding hydrogens is 483 g/mol. The van der Waals surface area contributed by atoms with Gasteiger partial charge in [-0.3, -0.25) is 4.79 Å². The molecule has 2 aliphatic carbocycles. The molecule has 0 bridgehead atoms. The molecule has 1 aliphatic heterocycles. The van der Waals surface area contributed by atoms with Crippen molar-refractivity contribution in [2.45, 2.75) is 38.0 Å². The Morgan fingerprint density at radius 1 is 1.28 bits per heavy atom. The summed E-state index contributed by atoms with van der Waals surface area (Å²) >= 11 is 0. The summed E-state index contributed by atoms with van der Waals surface area (Å²) in [5.41, 5.74) is -1.69. The second-order valence-corrected chi connectivity index (χ2v) is 9.20. The highest BCUT2D eigenvalue weighted by Crippen LogP contribution is 2.44. The Labute approximate surface area is 203 Å². The Morgan fingerprint density at radius 3 is 2.69 bits per heavy atom. The van der Waals surface area contributed by atoms with E-state index < -0.39 is 52.7 Å². The third kappa shape index (κ3) is 4.14. The fourth-order valence-electron chi connectivity index (χ4n) is 5.30. The number of hydrogen-bond acceptors (Lipinski definition) is 6. The molecule has 2 fully saturated rings. The van der Waals surface area contributed by atoms with E-state index in [9.17, 15) is 18.8 Å². The van der Waals surface area contributed by atoms with Crippen LogP contribution in [0.2, 0.25) is 0 Å². The average molecular weight is 507 g/mol. The first kappa shape index (κ1) is 24.0. The molecule has 1 aromatic heterocycles. The predicted molar refractivity (Wildman–Crippen MR) is 122 cm³/mol. The number of fused-ring (bicyclic) bond motifs is 2. The molecule has 5 unspecified atom stereocenters. The van der Waals surface area contributed by atoms with Crippen LogP contribution in [0.15, 0.2) is 29.2 Å². The SMILES string of the molecule is CCOC(=O)NC1CC=CC2CN(c3c(F)cc4c(=O)c(OC(=O)O)cn(C5CC5F)c4c3F)CC21. The normalized spacial score (nSPS) is 26.6. The van der Waals surface area contributed by atoms with E-state index in [0.717, 1.165) is 16.8 Å². The van der Waals surface area contributed by atoms with Crippen molar-refractivity contribution in [3.05, 3.63) is 46.3 Å². The number of hydrogen-bond donors (Lipinski definition) is 2. The van der Waals surface area contributed by atoms with Gasteiger partial charge in [0.15, 0.2) is 11.6 Å².